The maximum Gasteiger partial charge on any atom is 0.407 e. The van der Waals surface area contributed by atoms with Crippen LogP contribution in [-0.2, 0) is 11.2 Å². The summed E-state index contributed by atoms with van der Waals surface area (Å²) < 4.78 is 11.0. The van der Waals surface area contributed by atoms with Crippen LogP contribution in [0.3, 0.4) is 0 Å². The Morgan fingerprint density at radius 2 is 2.19 bits per heavy atom. The van der Waals surface area contributed by atoms with Crippen molar-refractivity contribution in [2.45, 2.75) is 45.8 Å². The lowest BCUT2D eigenvalue weighted by Crippen LogP contribution is -2.38. The van der Waals surface area contributed by atoms with Gasteiger partial charge in [0.25, 0.3) is 0 Å². The molecule has 0 saturated heterocycles. The molecular weight excluding hydrogens is 268 g/mol. The van der Waals surface area contributed by atoms with E-state index >= 15 is 0 Å². The zero-order valence-electron chi connectivity index (χ0n) is 13.2. The molecule has 21 heavy (non-hydrogen) atoms. The Hall–Kier alpha value is -1.91. The van der Waals surface area contributed by atoms with Crippen LogP contribution in [-0.4, -0.2) is 30.9 Å². The van der Waals surface area contributed by atoms with E-state index in [4.69, 9.17) is 9.47 Å². The Balaban J connectivity index is 1.84. The molecular formula is C16H24N2O3. The minimum Gasteiger partial charge on any atom is -0.488 e. The lowest BCUT2D eigenvalue weighted by Gasteiger charge is -2.20. The third-order valence-corrected chi connectivity index (χ3v) is 3.06. The van der Waals surface area contributed by atoms with Gasteiger partial charge in [0.05, 0.1) is 6.54 Å². The quantitative estimate of drug-likeness (QED) is 0.895. The lowest BCUT2D eigenvalue weighted by atomic mass is 10.1. The zero-order chi connectivity index (χ0) is 15.5. The number of nitrogens with one attached hydrogen (secondary N) is 2. The lowest BCUT2D eigenvalue weighted by molar-refractivity contribution is 0.0506. The van der Waals surface area contributed by atoms with Gasteiger partial charge in [0, 0.05) is 18.7 Å². The van der Waals surface area contributed by atoms with Gasteiger partial charge in [-0.1, -0.05) is 0 Å². The van der Waals surface area contributed by atoms with E-state index in [0.29, 0.717) is 6.54 Å². The van der Waals surface area contributed by atoms with E-state index in [1.54, 1.807) is 0 Å². The molecule has 0 bridgehead atoms. The summed E-state index contributed by atoms with van der Waals surface area (Å²) in [7, 11) is 0. The number of rotatable bonds is 4. The summed E-state index contributed by atoms with van der Waals surface area (Å²) in [6.45, 7) is 8.94. The molecule has 1 aromatic rings. The Labute approximate surface area is 126 Å². The van der Waals surface area contributed by atoms with Crippen molar-refractivity contribution in [2.75, 3.05) is 18.4 Å². The fourth-order valence-corrected chi connectivity index (χ4v) is 2.26. The van der Waals surface area contributed by atoms with Gasteiger partial charge in [-0.05, 0) is 51.5 Å². The molecule has 1 unspecified atom stereocenters. The molecule has 1 atom stereocenters. The summed E-state index contributed by atoms with van der Waals surface area (Å²) in [5.74, 6) is 0.896. The van der Waals surface area contributed by atoms with Crippen molar-refractivity contribution in [3.05, 3.63) is 23.8 Å². The number of ether oxygens (including phenoxy) is 2. The first-order valence-corrected chi connectivity index (χ1v) is 7.37. The largest absolute Gasteiger partial charge is 0.488 e. The van der Waals surface area contributed by atoms with Crippen LogP contribution in [0.4, 0.5) is 10.5 Å². The highest BCUT2D eigenvalue weighted by atomic mass is 16.6. The number of amides is 1. The number of alkyl carbamates (subject to hydrolysis) is 1. The van der Waals surface area contributed by atoms with Crippen LogP contribution >= 0.6 is 0 Å². The van der Waals surface area contributed by atoms with Crippen LogP contribution < -0.4 is 15.4 Å². The van der Waals surface area contributed by atoms with E-state index in [9.17, 15) is 4.79 Å². The molecule has 5 heteroatoms. The Morgan fingerprint density at radius 1 is 1.43 bits per heavy atom. The first-order valence-electron chi connectivity index (χ1n) is 7.37. The summed E-state index contributed by atoms with van der Waals surface area (Å²) in [5, 5.41) is 6.04. The van der Waals surface area contributed by atoms with Crippen LogP contribution in [0.5, 0.6) is 5.75 Å². The van der Waals surface area contributed by atoms with Crippen LogP contribution in [0.15, 0.2) is 18.2 Å². The van der Waals surface area contributed by atoms with E-state index in [1.807, 2.05) is 32.9 Å². The van der Waals surface area contributed by atoms with Gasteiger partial charge in [-0.2, -0.15) is 0 Å². The van der Waals surface area contributed by atoms with Crippen molar-refractivity contribution in [1.29, 1.82) is 0 Å². The van der Waals surface area contributed by atoms with E-state index in [1.165, 1.54) is 5.56 Å². The summed E-state index contributed by atoms with van der Waals surface area (Å²) in [6, 6.07) is 6.08. The second-order valence-electron chi connectivity index (χ2n) is 6.18. The van der Waals surface area contributed by atoms with Crippen molar-refractivity contribution < 1.29 is 14.3 Å². The maximum absolute atomic E-state index is 11.6. The predicted octanol–water partition coefficient (Wildman–Crippen LogP) is 2.95. The fourth-order valence-electron chi connectivity index (χ4n) is 2.26. The topological polar surface area (TPSA) is 59.6 Å². The second kappa shape index (κ2) is 6.24. The highest BCUT2D eigenvalue weighted by Gasteiger charge is 2.24. The third-order valence-electron chi connectivity index (χ3n) is 3.06. The van der Waals surface area contributed by atoms with Crippen LogP contribution in [0.1, 0.15) is 33.3 Å². The van der Waals surface area contributed by atoms with Crippen molar-refractivity contribution >= 4 is 11.8 Å². The Morgan fingerprint density at radius 3 is 2.86 bits per heavy atom. The van der Waals surface area contributed by atoms with Gasteiger partial charge in [0.1, 0.15) is 17.5 Å². The third kappa shape index (κ3) is 4.55. The number of benzene rings is 1. The molecule has 1 amide bonds. The normalized spacial score (nSPS) is 16.9. The van der Waals surface area contributed by atoms with Crippen molar-refractivity contribution in [1.82, 2.24) is 5.32 Å². The first-order chi connectivity index (χ1) is 9.87. The minimum absolute atomic E-state index is 0.0376. The molecule has 1 aliphatic heterocycles. The van der Waals surface area contributed by atoms with E-state index in [-0.39, 0.29) is 6.10 Å². The second-order valence-corrected chi connectivity index (χ2v) is 6.18. The number of hydrogen-bond acceptors (Lipinski definition) is 4. The van der Waals surface area contributed by atoms with Crippen molar-refractivity contribution in [3.63, 3.8) is 0 Å². The van der Waals surface area contributed by atoms with E-state index in [0.717, 1.165) is 24.4 Å². The molecule has 2 N–H and O–H groups in total. The molecule has 0 fully saturated rings. The standard InChI is InChI=1S/C16H24N2O3/c1-5-17-12-6-7-14-11(8-12)9-13(20-14)10-18-15(19)21-16(2,3)4/h6-8,13,17H,5,9-10H2,1-4H3,(H,18,19). The molecule has 1 aromatic carbocycles. The average Bonchev–Trinajstić information content (AvgIpc) is 2.77. The minimum atomic E-state index is -0.482. The van der Waals surface area contributed by atoms with Gasteiger partial charge in [-0.3, -0.25) is 0 Å². The van der Waals surface area contributed by atoms with Gasteiger partial charge in [0.2, 0.25) is 0 Å². The van der Waals surface area contributed by atoms with Crippen LogP contribution in [0.25, 0.3) is 0 Å². The molecule has 1 heterocycles. The molecule has 5 nitrogen and oxygen atoms in total. The highest BCUT2D eigenvalue weighted by Crippen LogP contribution is 2.30. The summed E-state index contributed by atoms with van der Waals surface area (Å²) in [5.41, 5.74) is 1.79. The van der Waals surface area contributed by atoms with E-state index < -0.39 is 11.7 Å². The summed E-state index contributed by atoms with van der Waals surface area (Å²) >= 11 is 0. The van der Waals surface area contributed by atoms with Gasteiger partial charge in [0.15, 0.2) is 0 Å². The summed E-state index contributed by atoms with van der Waals surface area (Å²) in [4.78, 5) is 11.6. The smallest absolute Gasteiger partial charge is 0.407 e. The summed E-state index contributed by atoms with van der Waals surface area (Å²) in [6.07, 6.45) is 0.351. The maximum atomic E-state index is 11.6. The Bertz CT molecular complexity index is 509. The van der Waals surface area contributed by atoms with Gasteiger partial charge in [-0.25, -0.2) is 4.79 Å². The fraction of sp³-hybridized carbons (Fsp3) is 0.562. The molecule has 0 saturated carbocycles. The van der Waals surface area contributed by atoms with Crippen molar-refractivity contribution in [2.24, 2.45) is 0 Å². The van der Waals surface area contributed by atoms with Gasteiger partial charge >= 0.3 is 6.09 Å². The number of hydrogen-bond donors (Lipinski definition) is 2. The van der Waals surface area contributed by atoms with Crippen molar-refractivity contribution in [3.8, 4) is 5.75 Å². The number of carbonyl (C=O) groups excluding carboxylic acids is 1. The molecule has 116 valence electrons. The molecule has 0 radical (unpaired) electrons. The molecule has 0 aliphatic carbocycles. The molecule has 0 aromatic heterocycles. The SMILES string of the molecule is CCNc1ccc2c(c1)CC(CNC(=O)OC(C)(C)C)O2. The first kappa shape index (κ1) is 15.5. The highest BCUT2D eigenvalue weighted by molar-refractivity contribution is 5.67. The number of carbonyl (C=O) groups is 1. The molecule has 2 rings (SSSR count). The van der Waals surface area contributed by atoms with E-state index in [2.05, 4.69) is 23.6 Å². The van der Waals surface area contributed by atoms with Gasteiger partial charge in [-0.15, -0.1) is 0 Å². The molecule has 0 spiro atoms. The predicted molar refractivity (Wildman–Crippen MR) is 83.0 cm³/mol. The van der Waals surface area contributed by atoms with Crippen LogP contribution in [0.2, 0.25) is 0 Å². The molecule has 1 aliphatic rings. The van der Waals surface area contributed by atoms with Crippen LogP contribution in [0, 0.1) is 0 Å². The van der Waals surface area contributed by atoms with Gasteiger partial charge < -0.3 is 20.1 Å². The number of fused-ring (bicyclic) bond motifs is 1. The zero-order valence-corrected chi connectivity index (χ0v) is 13.2. The Kier molecular flexibility index (Phi) is 4.60. The number of anilines is 1. The average molecular weight is 292 g/mol. The monoisotopic (exact) mass is 292 g/mol.